The highest BCUT2D eigenvalue weighted by molar-refractivity contribution is 6.10. The molecule has 1 N–H and O–H groups in total. The SMILES string of the molecule is Cn1cc(-c2cccc(N3Cc4cc(C(C)(C)C)ccc4C3=O)c2CO)cc(Cc2ccccn2)c1=O. The van der Waals surface area contributed by atoms with Crippen LogP contribution in [0, 0.1) is 0 Å². The molecule has 0 fully saturated rings. The number of amides is 1. The van der Waals surface area contributed by atoms with E-state index in [-0.39, 0.29) is 23.5 Å². The fourth-order valence-corrected chi connectivity index (χ4v) is 5.00. The van der Waals surface area contributed by atoms with Crippen LogP contribution in [0.3, 0.4) is 0 Å². The molecule has 2 aromatic heterocycles. The van der Waals surface area contributed by atoms with Crippen LogP contribution in [0.15, 0.2) is 77.9 Å². The van der Waals surface area contributed by atoms with Gasteiger partial charge in [0.05, 0.1) is 18.8 Å². The van der Waals surface area contributed by atoms with E-state index in [0.29, 0.717) is 35.3 Å². The first-order valence-corrected chi connectivity index (χ1v) is 12.4. The lowest BCUT2D eigenvalue weighted by Crippen LogP contribution is -2.24. The van der Waals surface area contributed by atoms with Crippen molar-refractivity contribution in [2.24, 2.45) is 7.05 Å². The zero-order valence-corrected chi connectivity index (χ0v) is 21.7. The largest absolute Gasteiger partial charge is 0.392 e. The fourth-order valence-electron chi connectivity index (χ4n) is 5.00. The van der Waals surface area contributed by atoms with E-state index in [1.54, 1.807) is 28.9 Å². The van der Waals surface area contributed by atoms with Crippen molar-refractivity contribution in [2.45, 2.75) is 45.8 Å². The third-order valence-corrected chi connectivity index (χ3v) is 7.04. The van der Waals surface area contributed by atoms with Crippen LogP contribution in [0.25, 0.3) is 11.1 Å². The molecule has 0 atom stereocenters. The third kappa shape index (κ3) is 4.60. The first kappa shape index (κ1) is 24.7. The van der Waals surface area contributed by atoms with Crippen molar-refractivity contribution in [2.75, 3.05) is 4.90 Å². The minimum absolute atomic E-state index is 0.0160. The normalized spacial score (nSPS) is 13.2. The minimum Gasteiger partial charge on any atom is -0.392 e. The van der Waals surface area contributed by atoms with Gasteiger partial charge >= 0.3 is 0 Å². The van der Waals surface area contributed by atoms with Crippen LogP contribution in [0.1, 0.15) is 59.1 Å². The monoisotopic (exact) mass is 493 g/mol. The summed E-state index contributed by atoms with van der Waals surface area (Å²) in [5.41, 5.74) is 7.12. The predicted molar refractivity (Wildman–Crippen MR) is 146 cm³/mol. The van der Waals surface area contributed by atoms with Crippen molar-refractivity contribution in [3.63, 3.8) is 0 Å². The summed E-state index contributed by atoms with van der Waals surface area (Å²) < 4.78 is 1.56. The van der Waals surface area contributed by atoms with Gasteiger partial charge < -0.3 is 14.6 Å². The second-order valence-corrected chi connectivity index (χ2v) is 10.6. The number of aliphatic hydroxyl groups excluding tert-OH is 1. The van der Waals surface area contributed by atoms with Gasteiger partial charge in [-0.25, -0.2) is 0 Å². The highest BCUT2D eigenvalue weighted by atomic mass is 16.3. The van der Waals surface area contributed by atoms with Crippen LogP contribution in [0.2, 0.25) is 0 Å². The second kappa shape index (κ2) is 9.45. The average Bonchev–Trinajstić information content (AvgIpc) is 3.21. The number of hydrogen-bond acceptors (Lipinski definition) is 4. The van der Waals surface area contributed by atoms with E-state index in [9.17, 15) is 14.7 Å². The van der Waals surface area contributed by atoms with Gasteiger partial charge in [-0.1, -0.05) is 51.1 Å². The standard InChI is InChI=1S/C31H31N3O3/c1-31(2,3)23-11-12-26-22(15-23)18-34(30(26)37)28-10-7-9-25(27(28)19-35)21-14-20(29(36)33(4)17-21)16-24-8-5-6-13-32-24/h5-15,17,35H,16,18-19H2,1-4H3. The van der Waals surface area contributed by atoms with E-state index in [1.807, 2.05) is 54.6 Å². The molecule has 6 nitrogen and oxygen atoms in total. The van der Waals surface area contributed by atoms with Gasteiger partial charge in [0.2, 0.25) is 0 Å². The lowest BCUT2D eigenvalue weighted by Gasteiger charge is -2.22. The number of anilines is 1. The molecule has 37 heavy (non-hydrogen) atoms. The van der Waals surface area contributed by atoms with E-state index in [1.165, 1.54) is 5.56 Å². The topological polar surface area (TPSA) is 75.4 Å². The first-order valence-electron chi connectivity index (χ1n) is 12.4. The second-order valence-electron chi connectivity index (χ2n) is 10.6. The average molecular weight is 494 g/mol. The van der Waals surface area contributed by atoms with Crippen molar-refractivity contribution < 1.29 is 9.90 Å². The zero-order valence-electron chi connectivity index (χ0n) is 21.7. The van der Waals surface area contributed by atoms with Crippen LogP contribution in [-0.4, -0.2) is 20.6 Å². The van der Waals surface area contributed by atoms with Crippen LogP contribution >= 0.6 is 0 Å². The Morgan fingerprint density at radius 1 is 0.973 bits per heavy atom. The molecule has 3 heterocycles. The van der Waals surface area contributed by atoms with E-state index >= 15 is 0 Å². The Labute approximate surface area is 216 Å². The van der Waals surface area contributed by atoms with E-state index < -0.39 is 0 Å². The highest BCUT2D eigenvalue weighted by Gasteiger charge is 2.31. The molecule has 0 spiro atoms. The molecule has 188 valence electrons. The van der Waals surface area contributed by atoms with Gasteiger partial charge in [-0.2, -0.15) is 0 Å². The summed E-state index contributed by atoms with van der Waals surface area (Å²) >= 11 is 0. The molecule has 0 bridgehead atoms. The highest BCUT2D eigenvalue weighted by Crippen LogP contribution is 2.37. The predicted octanol–water partition coefficient (Wildman–Crippen LogP) is 4.99. The summed E-state index contributed by atoms with van der Waals surface area (Å²) in [5, 5.41) is 10.5. The molecule has 5 rings (SSSR count). The minimum atomic E-state index is -0.239. The van der Waals surface area contributed by atoms with Gasteiger partial charge in [0.25, 0.3) is 11.5 Å². The van der Waals surface area contributed by atoms with Crippen LogP contribution in [-0.2, 0) is 32.0 Å². The number of aliphatic hydroxyl groups is 1. The number of benzene rings is 2. The van der Waals surface area contributed by atoms with Gasteiger partial charge in [0, 0.05) is 48.2 Å². The molecule has 1 aliphatic rings. The molecule has 1 aliphatic heterocycles. The third-order valence-electron chi connectivity index (χ3n) is 7.04. The van der Waals surface area contributed by atoms with E-state index in [2.05, 4.69) is 31.8 Å². The summed E-state index contributed by atoms with van der Waals surface area (Å²) in [4.78, 5) is 32.4. The number of rotatable bonds is 5. The molecule has 0 saturated heterocycles. The molecule has 4 aromatic rings. The smallest absolute Gasteiger partial charge is 0.258 e. The summed E-state index contributed by atoms with van der Waals surface area (Å²) in [5.74, 6) is -0.0707. The molecule has 0 radical (unpaired) electrons. The molecule has 6 heteroatoms. The van der Waals surface area contributed by atoms with Gasteiger partial charge in [-0.05, 0) is 58.0 Å². The number of carbonyl (C=O) groups excluding carboxylic acids is 1. The Balaban J connectivity index is 1.56. The van der Waals surface area contributed by atoms with Crippen molar-refractivity contribution in [1.82, 2.24) is 9.55 Å². The van der Waals surface area contributed by atoms with Gasteiger partial charge in [0.15, 0.2) is 0 Å². The Hall–Kier alpha value is -4.03. The van der Waals surface area contributed by atoms with Crippen LogP contribution < -0.4 is 10.5 Å². The van der Waals surface area contributed by atoms with E-state index in [4.69, 9.17) is 0 Å². The Bertz CT molecular complexity index is 1550. The number of carbonyl (C=O) groups is 1. The lowest BCUT2D eigenvalue weighted by atomic mass is 9.85. The summed E-state index contributed by atoms with van der Waals surface area (Å²) in [6, 6.07) is 19.3. The van der Waals surface area contributed by atoms with Crippen LogP contribution in [0.4, 0.5) is 5.69 Å². The van der Waals surface area contributed by atoms with E-state index in [0.717, 1.165) is 22.4 Å². The Morgan fingerprint density at radius 3 is 2.49 bits per heavy atom. The van der Waals surface area contributed by atoms with Crippen LogP contribution in [0.5, 0.6) is 0 Å². The number of nitrogens with zero attached hydrogens (tertiary/aromatic N) is 3. The summed E-state index contributed by atoms with van der Waals surface area (Å²) in [6.07, 6.45) is 3.90. The lowest BCUT2D eigenvalue weighted by molar-refractivity contribution is 0.0996. The number of aryl methyl sites for hydroxylation is 1. The maximum absolute atomic E-state index is 13.4. The Morgan fingerprint density at radius 2 is 1.78 bits per heavy atom. The first-order chi connectivity index (χ1) is 17.7. The molecule has 0 saturated carbocycles. The molecular formula is C31H31N3O3. The van der Waals surface area contributed by atoms with Crippen molar-refractivity contribution >= 4 is 11.6 Å². The van der Waals surface area contributed by atoms with Crippen molar-refractivity contribution in [3.05, 3.63) is 117 Å². The summed E-state index contributed by atoms with van der Waals surface area (Å²) in [7, 11) is 1.73. The quantitative estimate of drug-likeness (QED) is 0.425. The van der Waals surface area contributed by atoms with Gasteiger partial charge in [-0.15, -0.1) is 0 Å². The molecule has 0 aliphatic carbocycles. The fraction of sp³-hybridized carbons (Fsp3) is 0.258. The number of fused-ring (bicyclic) bond motifs is 1. The van der Waals surface area contributed by atoms with Crippen molar-refractivity contribution in [1.29, 1.82) is 0 Å². The molecule has 1 amide bonds. The number of aromatic nitrogens is 2. The number of hydrogen-bond donors (Lipinski definition) is 1. The van der Waals surface area contributed by atoms with Gasteiger partial charge in [0.1, 0.15) is 0 Å². The maximum atomic E-state index is 13.4. The maximum Gasteiger partial charge on any atom is 0.258 e. The molecule has 2 aromatic carbocycles. The van der Waals surface area contributed by atoms with Gasteiger partial charge in [-0.3, -0.25) is 14.6 Å². The number of pyridine rings is 2. The summed E-state index contributed by atoms with van der Waals surface area (Å²) in [6.45, 7) is 6.69. The Kier molecular flexibility index (Phi) is 6.30. The zero-order chi connectivity index (χ0) is 26.3. The van der Waals surface area contributed by atoms with Crippen molar-refractivity contribution in [3.8, 4) is 11.1 Å². The molecule has 0 unspecified atom stereocenters. The molecular weight excluding hydrogens is 462 g/mol.